The Morgan fingerprint density at radius 1 is 1.32 bits per heavy atom. The summed E-state index contributed by atoms with van der Waals surface area (Å²) in [6.07, 6.45) is 1.96. The first kappa shape index (κ1) is 13.7. The smallest absolute Gasteiger partial charge is 0.414 e. The molecule has 3 nitrogen and oxygen atoms in total. The molecule has 2 rings (SSSR count). The fourth-order valence-corrected chi connectivity index (χ4v) is 2.55. The number of hydrogen-bond acceptors (Lipinski definition) is 2. The van der Waals surface area contributed by atoms with Crippen molar-refractivity contribution in [3.05, 3.63) is 35.9 Å². The van der Waals surface area contributed by atoms with Gasteiger partial charge in [0.15, 0.2) is 0 Å². The minimum Gasteiger partial charge on any atom is -0.449 e. The molecule has 19 heavy (non-hydrogen) atoms. The molecule has 1 aromatic carbocycles. The lowest BCUT2D eigenvalue weighted by atomic mass is 10.00. The molecule has 0 N–H and O–H groups in total. The van der Waals surface area contributed by atoms with Crippen LogP contribution in [-0.2, 0) is 4.74 Å². The lowest BCUT2D eigenvalue weighted by Crippen LogP contribution is -2.42. The maximum atomic E-state index is 12.3. The fourth-order valence-electron chi connectivity index (χ4n) is 2.55. The molecule has 0 radical (unpaired) electrons. The van der Waals surface area contributed by atoms with Gasteiger partial charge in [-0.15, -0.1) is 0 Å². The van der Waals surface area contributed by atoms with Crippen LogP contribution in [0.5, 0.6) is 0 Å². The molecular weight excluding hydrogens is 238 g/mol. The molecule has 1 amide bonds. The van der Waals surface area contributed by atoms with E-state index < -0.39 is 0 Å². The van der Waals surface area contributed by atoms with Gasteiger partial charge < -0.3 is 4.74 Å². The van der Waals surface area contributed by atoms with Crippen molar-refractivity contribution < 1.29 is 9.53 Å². The number of para-hydroxylation sites is 1. The van der Waals surface area contributed by atoms with E-state index in [0.717, 1.165) is 11.3 Å². The van der Waals surface area contributed by atoms with E-state index in [1.165, 1.54) is 5.57 Å². The van der Waals surface area contributed by atoms with Crippen LogP contribution in [0.3, 0.4) is 0 Å². The molecule has 1 aliphatic rings. The molecule has 1 heterocycles. The molecule has 0 fully saturated rings. The Kier molecular flexibility index (Phi) is 3.93. The molecule has 0 aliphatic carbocycles. The van der Waals surface area contributed by atoms with Crippen LogP contribution in [0.1, 0.15) is 33.3 Å². The Morgan fingerprint density at radius 2 is 2.00 bits per heavy atom. The van der Waals surface area contributed by atoms with Crippen molar-refractivity contribution in [3.8, 4) is 0 Å². The van der Waals surface area contributed by atoms with Gasteiger partial charge >= 0.3 is 6.09 Å². The van der Waals surface area contributed by atoms with Crippen LogP contribution in [0.4, 0.5) is 10.5 Å². The van der Waals surface area contributed by atoms with Crippen molar-refractivity contribution >= 4 is 17.4 Å². The Labute approximate surface area is 114 Å². The van der Waals surface area contributed by atoms with Crippen LogP contribution in [0.2, 0.25) is 0 Å². The summed E-state index contributed by atoms with van der Waals surface area (Å²) in [6, 6.07) is 8.08. The molecule has 2 atom stereocenters. The Balaban J connectivity index is 2.53. The first-order valence-corrected chi connectivity index (χ1v) is 6.80. The highest BCUT2D eigenvalue weighted by Gasteiger charge is 2.30. The van der Waals surface area contributed by atoms with E-state index in [2.05, 4.69) is 32.9 Å². The minimum absolute atomic E-state index is 0.0812. The summed E-state index contributed by atoms with van der Waals surface area (Å²) in [5.74, 6) is 0.289. The van der Waals surface area contributed by atoms with Crippen molar-refractivity contribution in [1.82, 2.24) is 0 Å². The molecule has 0 bridgehead atoms. The molecule has 0 saturated heterocycles. The van der Waals surface area contributed by atoms with Crippen LogP contribution in [0.15, 0.2) is 30.3 Å². The highest BCUT2D eigenvalue weighted by Crippen LogP contribution is 2.35. The second-order valence-electron chi connectivity index (χ2n) is 5.04. The predicted molar refractivity (Wildman–Crippen MR) is 78.2 cm³/mol. The van der Waals surface area contributed by atoms with E-state index in [1.54, 1.807) is 4.90 Å². The van der Waals surface area contributed by atoms with Gasteiger partial charge in [0.2, 0.25) is 0 Å². The number of fused-ring (bicyclic) bond motifs is 1. The third-order valence-corrected chi connectivity index (χ3v) is 3.73. The Bertz CT molecular complexity index is 507. The zero-order valence-corrected chi connectivity index (χ0v) is 12.0. The highest BCUT2D eigenvalue weighted by molar-refractivity contribution is 5.93. The van der Waals surface area contributed by atoms with E-state index >= 15 is 0 Å². The van der Waals surface area contributed by atoms with Crippen molar-refractivity contribution in [1.29, 1.82) is 0 Å². The molecule has 0 saturated carbocycles. The van der Waals surface area contributed by atoms with E-state index in [1.807, 2.05) is 25.1 Å². The van der Waals surface area contributed by atoms with Gasteiger partial charge in [0.25, 0.3) is 0 Å². The Hall–Kier alpha value is -1.77. The first-order valence-electron chi connectivity index (χ1n) is 6.80. The van der Waals surface area contributed by atoms with Crippen LogP contribution < -0.4 is 4.90 Å². The number of carbonyl (C=O) groups is 1. The molecule has 0 unspecified atom stereocenters. The zero-order chi connectivity index (χ0) is 14.0. The van der Waals surface area contributed by atoms with Gasteiger partial charge in [-0.2, -0.15) is 0 Å². The fraction of sp³-hybridized carbons (Fsp3) is 0.438. The van der Waals surface area contributed by atoms with Gasteiger partial charge in [-0.3, -0.25) is 4.90 Å². The second kappa shape index (κ2) is 5.47. The van der Waals surface area contributed by atoms with E-state index in [4.69, 9.17) is 4.74 Å². The number of rotatable bonds is 1. The second-order valence-corrected chi connectivity index (χ2v) is 5.04. The van der Waals surface area contributed by atoms with Crippen molar-refractivity contribution in [2.45, 2.75) is 33.7 Å². The summed E-state index contributed by atoms with van der Waals surface area (Å²) < 4.78 is 5.21. The number of ether oxygens (including phenoxy) is 1. The Morgan fingerprint density at radius 3 is 2.68 bits per heavy atom. The van der Waals surface area contributed by atoms with Crippen molar-refractivity contribution in [2.24, 2.45) is 5.92 Å². The van der Waals surface area contributed by atoms with E-state index in [0.29, 0.717) is 6.61 Å². The molecule has 0 aromatic heterocycles. The highest BCUT2D eigenvalue weighted by atomic mass is 16.6. The van der Waals surface area contributed by atoms with Crippen LogP contribution in [-0.4, -0.2) is 18.7 Å². The zero-order valence-electron chi connectivity index (χ0n) is 12.0. The maximum Gasteiger partial charge on any atom is 0.414 e. The average molecular weight is 259 g/mol. The van der Waals surface area contributed by atoms with Gasteiger partial charge in [-0.05, 0) is 38.3 Å². The van der Waals surface area contributed by atoms with Crippen molar-refractivity contribution in [3.63, 3.8) is 0 Å². The molecule has 1 aliphatic heterocycles. The standard InChI is InChI=1S/C16H21NO2/c1-5-19-16(18)17-13(4)11(2)10-12(3)14-8-6-7-9-15(14)17/h6-11,13H,5H2,1-4H3/t11-,13-/m0/s1. The lowest BCUT2D eigenvalue weighted by molar-refractivity contribution is 0.156. The summed E-state index contributed by atoms with van der Waals surface area (Å²) in [5.41, 5.74) is 3.25. The average Bonchev–Trinajstić information content (AvgIpc) is 2.47. The minimum atomic E-state index is -0.266. The number of amides is 1. The van der Waals surface area contributed by atoms with Gasteiger partial charge in [-0.25, -0.2) is 4.79 Å². The molecule has 102 valence electrons. The summed E-state index contributed by atoms with van der Waals surface area (Å²) in [4.78, 5) is 14.0. The van der Waals surface area contributed by atoms with Crippen LogP contribution >= 0.6 is 0 Å². The SMILES string of the molecule is CCOC(=O)N1c2ccccc2C(C)=C[C@H](C)[C@@H]1C. The predicted octanol–water partition coefficient (Wildman–Crippen LogP) is 4.09. The number of carbonyl (C=O) groups excluding carboxylic acids is 1. The molecule has 1 aromatic rings. The molecular formula is C16H21NO2. The summed E-state index contributed by atoms with van der Waals surface area (Å²) in [6.45, 7) is 8.51. The number of nitrogens with zero attached hydrogens (tertiary/aromatic N) is 1. The monoisotopic (exact) mass is 259 g/mol. The normalized spacial score (nSPS) is 22.3. The number of benzene rings is 1. The summed E-state index contributed by atoms with van der Waals surface area (Å²) >= 11 is 0. The number of hydrogen-bond donors (Lipinski definition) is 0. The number of allylic oxidation sites excluding steroid dienone is 1. The van der Waals surface area contributed by atoms with Gasteiger partial charge in [0.05, 0.1) is 12.3 Å². The lowest BCUT2D eigenvalue weighted by Gasteiger charge is -2.30. The summed E-state index contributed by atoms with van der Waals surface area (Å²) in [7, 11) is 0. The first-order chi connectivity index (χ1) is 9.06. The van der Waals surface area contributed by atoms with Crippen LogP contribution in [0, 0.1) is 5.92 Å². The maximum absolute atomic E-state index is 12.3. The van der Waals surface area contributed by atoms with Crippen LogP contribution in [0.25, 0.3) is 5.57 Å². The number of anilines is 1. The van der Waals surface area contributed by atoms with Gasteiger partial charge in [0, 0.05) is 11.6 Å². The summed E-state index contributed by atoms with van der Waals surface area (Å²) in [5, 5.41) is 0. The third kappa shape index (κ3) is 2.50. The molecule has 3 heteroatoms. The topological polar surface area (TPSA) is 29.5 Å². The third-order valence-electron chi connectivity index (χ3n) is 3.73. The van der Waals surface area contributed by atoms with Gasteiger partial charge in [-0.1, -0.05) is 31.2 Å². The largest absolute Gasteiger partial charge is 0.449 e. The van der Waals surface area contributed by atoms with Gasteiger partial charge in [0.1, 0.15) is 0 Å². The molecule has 0 spiro atoms. The van der Waals surface area contributed by atoms with E-state index in [9.17, 15) is 4.79 Å². The van der Waals surface area contributed by atoms with Crippen molar-refractivity contribution in [2.75, 3.05) is 11.5 Å². The van der Waals surface area contributed by atoms with E-state index in [-0.39, 0.29) is 18.1 Å². The quantitative estimate of drug-likeness (QED) is 0.760.